The van der Waals surface area contributed by atoms with Crippen LogP contribution in [-0.4, -0.2) is 24.0 Å². The number of aryl methyl sites for hydroxylation is 2. The van der Waals surface area contributed by atoms with Gasteiger partial charge in [-0.05, 0) is 60.9 Å². The number of rotatable bonds is 5. The van der Waals surface area contributed by atoms with Gasteiger partial charge in [-0.2, -0.15) is 0 Å². The maximum atomic E-state index is 12.4. The van der Waals surface area contributed by atoms with Crippen molar-refractivity contribution in [2.24, 2.45) is 5.73 Å². The summed E-state index contributed by atoms with van der Waals surface area (Å²) in [6.45, 7) is 3.90. The molecule has 0 aromatic heterocycles. The Hall–Kier alpha value is -3.28. The molecule has 2 aromatic carbocycles. The number of nitrogens with two attached hydrogens (primary N) is 1. The highest BCUT2D eigenvalue weighted by Gasteiger charge is 2.16. The van der Waals surface area contributed by atoms with Gasteiger partial charge < -0.3 is 20.9 Å². The quantitative estimate of drug-likeness (QED) is 0.442. The van der Waals surface area contributed by atoms with Gasteiger partial charge in [-0.25, -0.2) is 0 Å². The third-order valence-electron chi connectivity index (χ3n) is 3.79. The predicted molar refractivity (Wildman–Crippen MR) is 96.4 cm³/mol. The molecule has 0 spiro atoms. The summed E-state index contributed by atoms with van der Waals surface area (Å²) in [6.07, 6.45) is 1.35. The normalized spacial score (nSPS) is 11.1. The molecule has 0 aliphatic rings. The summed E-state index contributed by atoms with van der Waals surface area (Å²) in [5.41, 5.74) is 8.33. The molecule has 0 aliphatic carbocycles. The van der Waals surface area contributed by atoms with Crippen LogP contribution in [0.25, 0.3) is 6.08 Å². The van der Waals surface area contributed by atoms with Crippen molar-refractivity contribution in [2.75, 3.05) is 12.4 Å². The fourth-order valence-electron chi connectivity index (χ4n) is 2.22. The molecule has 6 nitrogen and oxygen atoms in total. The second-order valence-corrected chi connectivity index (χ2v) is 5.61. The first-order chi connectivity index (χ1) is 11.8. The van der Waals surface area contributed by atoms with Crippen LogP contribution in [-0.2, 0) is 9.59 Å². The number of phenols is 1. The van der Waals surface area contributed by atoms with Crippen LogP contribution in [0, 0.1) is 13.8 Å². The number of methoxy groups -OCH3 is 1. The van der Waals surface area contributed by atoms with E-state index in [0.717, 1.165) is 11.1 Å². The molecule has 0 unspecified atom stereocenters. The van der Waals surface area contributed by atoms with Crippen molar-refractivity contribution in [2.45, 2.75) is 13.8 Å². The van der Waals surface area contributed by atoms with E-state index < -0.39 is 11.8 Å². The number of benzene rings is 2. The number of hydrogen-bond donors (Lipinski definition) is 3. The van der Waals surface area contributed by atoms with E-state index in [2.05, 4.69) is 5.32 Å². The zero-order valence-corrected chi connectivity index (χ0v) is 14.3. The molecule has 0 saturated heterocycles. The minimum absolute atomic E-state index is 0.0418. The minimum atomic E-state index is -0.853. The Morgan fingerprint density at radius 2 is 1.84 bits per heavy atom. The SMILES string of the molecule is COc1cc(/C=C(\C(N)=O)C(=O)Nc2ccc(C)c(C)c2)ccc1O. The minimum Gasteiger partial charge on any atom is -0.504 e. The molecule has 2 rings (SSSR count). The van der Waals surface area contributed by atoms with Gasteiger partial charge in [-0.3, -0.25) is 9.59 Å². The molecule has 0 aliphatic heterocycles. The number of aromatic hydroxyl groups is 1. The second kappa shape index (κ2) is 7.53. The highest BCUT2D eigenvalue weighted by Crippen LogP contribution is 2.27. The summed E-state index contributed by atoms with van der Waals surface area (Å²) in [4.78, 5) is 24.1. The number of amides is 2. The Morgan fingerprint density at radius 3 is 2.44 bits per heavy atom. The number of carbonyl (C=O) groups excluding carboxylic acids is 2. The van der Waals surface area contributed by atoms with Gasteiger partial charge in [0, 0.05) is 5.69 Å². The molecule has 0 atom stereocenters. The van der Waals surface area contributed by atoms with Crippen molar-refractivity contribution in [1.82, 2.24) is 0 Å². The van der Waals surface area contributed by atoms with Crippen LogP contribution >= 0.6 is 0 Å². The topological polar surface area (TPSA) is 102 Å². The Labute approximate surface area is 145 Å². The molecule has 0 saturated carbocycles. The highest BCUT2D eigenvalue weighted by molar-refractivity contribution is 6.25. The lowest BCUT2D eigenvalue weighted by atomic mass is 10.1. The number of nitrogens with one attached hydrogen (secondary N) is 1. The summed E-state index contributed by atoms with van der Waals surface area (Å²) < 4.78 is 5.01. The predicted octanol–water partition coefficient (Wildman–Crippen LogP) is 2.53. The van der Waals surface area contributed by atoms with Crippen molar-refractivity contribution < 1.29 is 19.4 Å². The summed E-state index contributed by atoms with van der Waals surface area (Å²) >= 11 is 0. The average Bonchev–Trinajstić information content (AvgIpc) is 2.56. The van der Waals surface area contributed by atoms with Gasteiger partial charge in [-0.15, -0.1) is 0 Å². The molecule has 130 valence electrons. The maximum absolute atomic E-state index is 12.4. The maximum Gasteiger partial charge on any atom is 0.261 e. The van der Waals surface area contributed by atoms with Crippen molar-refractivity contribution in [1.29, 1.82) is 0 Å². The largest absolute Gasteiger partial charge is 0.504 e. The van der Waals surface area contributed by atoms with Crippen LogP contribution in [0.1, 0.15) is 16.7 Å². The van der Waals surface area contributed by atoms with E-state index >= 15 is 0 Å². The first-order valence-electron chi connectivity index (χ1n) is 7.59. The highest BCUT2D eigenvalue weighted by atomic mass is 16.5. The van der Waals surface area contributed by atoms with E-state index in [0.29, 0.717) is 11.3 Å². The van der Waals surface area contributed by atoms with Crippen LogP contribution in [0.15, 0.2) is 42.0 Å². The molecule has 25 heavy (non-hydrogen) atoms. The molecule has 4 N–H and O–H groups in total. The summed E-state index contributed by atoms with van der Waals surface area (Å²) in [7, 11) is 1.41. The van der Waals surface area contributed by atoms with Gasteiger partial charge in [0.15, 0.2) is 11.5 Å². The smallest absolute Gasteiger partial charge is 0.261 e. The summed E-state index contributed by atoms with van der Waals surface area (Å²) in [5, 5.41) is 12.3. The summed E-state index contributed by atoms with van der Waals surface area (Å²) in [5.74, 6) is -1.27. The molecular formula is C19H20N2O4. The first-order valence-corrected chi connectivity index (χ1v) is 7.59. The third-order valence-corrected chi connectivity index (χ3v) is 3.79. The number of ether oxygens (including phenoxy) is 1. The van der Waals surface area contributed by atoms with Gasteiger partial charge in [0.1, 0.15) is 5.57 Å². The molecule has 0 fully saturated rings. The average molecular weight is 340 g/mol. The van der Waals surface area contributed by atoms with Crippen LogP contribution in [0.3, 0.4) is 0 Å². The Bertz CT molecular complexity index is 856. The van der Waals surface area contributed by atoms with Crippen molar-refractivity contribution >= 4 is 23.6 Å². The molecule has 0 radical (unpaired) electrons. The second-order valence-electron chi connectivity index (χ2n) is 5.61. The fraction of sp³-hybridized carbons (Fsp3) is 0.158. The number of anilines is 1. The van der Waals surface area contributed by atoms with Gasteiger partial charge >= 0.3 is 0 Å². The third kappa shape index (κ3) is 4.38. The molecular weight excluding hydrogens is 320 g/mol. The van der Waals surface area contributed by atoms with E-state index in [9.17, 15) is 14.7 Å². The first kappa shape index (κ1) is 18.1. The number of primary amides is 1. The van der Waals surface area contributed by atoms with Gasteiger partial charge in [-0.1, -0.05) is 12.1 Å². The van der Waals surface area contributed by atoms with E-state index in [1.807, 2.05) is 26.0 Å². The van der Waals surface area contributed by atoms with Crippen LogP contribution in [0.4, 0.5) is 5.69 Å². The number of hydrogen-bond acceptors (Lipinski definition) is 4. The van der Waals surface area contributed by atoms with E-state index in [-0.39, 0.29) is 17.1 Å². The van der Waals surface area contributed by atoms with E-state index in [1.165, 1.54) is 25.3 Å². The molecule has 0 heterocycles. The van der Waals surface area contributed by atoms with Crippen LogP contribution in [0.2, 0.25) is 0 Å². The Morgan fingerprint density at radius 1 is 1.12 bits per heavy atom. The Kier molecular flexibility index (Phi) is 5.44. The zero-order valence-electron chi connectivity index (χ0n) is 14.3. The Balaban J connectivity index is 2.31. The van der Waals surface area contributed by atoms with Crippen molar-refractivity contribution in [3.63, 3.8) is 0 Å². The monoisotopic (exact) mass is 340 g/mol. The standard InChI is InChI=1S/C19H20N2O4/c1-11-4-6-14(8-12(11)2)21-19(24)15(18(20)23)9-13-5-7-16(22)17(10-13)25-3/h4-10,22H,1-3H3,(H2,20,23)(H,21,24)/b15-9+. The lowest BCUT2D eigenvalue weighted by molar-refractivity contribution is -0.119. The van der Waals surface area contributed by atoms with Crippen LogP contribution in [0.5, 0.6) is 11.5 Å². The summed E-state index contributed by atoms with van der Waals surface area (Å²) in [6, 6.07) is 9.90. The van der Waals surface area contributed by atoms with Crippen molar-refractivity contribution in [3.05, 3.63) is 58.7 Å². The number of phenolic OH excluding ortho intramolecular Hbond substituents is 1. The fourth-order valence-corrected chi connectivity index (χ4v) is 2.22. The van der Waals surface area contributed by atoms with E-state index in [4.69, 9.17) is 10.5 Å². The molecule has 6 heteroatoms. The molecule has 2 amide bonds. The number of carbonyl (C=O) groups is 2. The van der Waals surface area contributed by atoms with Crippen molar-refractivity contribution in [3.8, 4) is 11.5 Å². The van der Waals surface area contributed by atoms with E-state index in [1.54, 1.807) is 12.1 Å². The lowest BCUT2D eigenvalue weighted by Crippen LogP contribution is -2.25. The zero-order chi connectivity index (χ0) is 18.6. The molecule has 0 bridgehead atoms. The molecule has 2 aromatic rings. The van der Waals surface area contributed by atoms with Crippen LogP contribution < -0.4 is 15.8 Å². The lowest BCUT2D eigenvalue weighted by Gasteiger charge is -2.09. The van der Waals surface area contributed by atoms with Gasteiger partial charge in [0.2, 0.25) is 0 Å². The van der Waals surface area contributed by atoms with Gasteiger partial charge in [0.05, 0.1) is 7.11 Å². The van der Waals surface area contributed by atoms with Gasteiger partial charge in [0.25, 0.3) is 11.8 Å².